The fourth-order valence-corrected chi connectivity index (χ4v) is 2.23. The number of hydrogen-bond donors (Lipinski definition) is 1. The van der Waals surface area contributed by atoms with Crippen LogP contribution in [0.2, 0.25) is 0 Å². The van der Waals surface area contributed by atoms with E-state index in [1.165, 1.54) is 7.11 Å². The first-order chi connectivity index (χ1) is 7.91. The highest BCUT2D eigenvalue weighted by atomic mass is 16.5. The van der Waals surface area contributed by atoms with Gasteiger partial charge >= 0.3 is 5.97 Å². The third-order valence-electron chi connectivity index (χ3n) is 3.09. The largest absolute Gasteiger partial charge is 0.469 e. The van der Waals surface area contributed by atoms with Crippen LogP contribution in [0.15, 0.2) is 30.3 Å². The number of benzene rings is 1. The molecule has 0 fully saturated rings. The average Bonchev–Trinajstić information content (AvgIpc) is 2.29. The van der Waals surface area contributed by atoms with Crippen LogP contribution in [-0.4, -0.2) is 18.2 Å². The summed E-state index contributed by atoms with van der Waals surface area (Å²) >= 11 is 0. The zero-order valence-corrected chi connectivity index (χ0v) is 10.8. The number of rotatable bonds is 4. The Balaban J connectivity index is 3.13. The van der Waals surface area contributed by atoms with E-state index in [1.54, 1.807) is 6.92 Å². The van der Waals surface area contributed by atoms with Crippen molar-refractivity contribution in [2.24, 2.45) is 11.8 Å². The van der Waals surface area contributed by atoms with Gasteiger partial charge in [0.05, 0.1) is 13.0 Å². The van der Waals surface area contributed by atoms with Crippen LogP contribution in [0.4, 0.5) is 0 Å². The Morgan fingerprint density at radius 1 is 1.29 bits per heavy atom. The first-order valence-corrected chi connectivity index (χ1v) is 5.77. The van der Waals surface area contributed by atoms with Crippen LogP contribution >= 0.6 is 0 Å². The fourth-order valence-electron chi connectivity index (χ4n) is 2.23. The lowest BCUT2D eigenvalue weighted by molar-refractivity contribution is -0.159. The minimum atomic E-state index is -1.22. The second-order valence-corrected chi connectivity index (χ2v) is 4.76. The summed E-state index contributed by atoms with van der Waals surface area (Å²) in [6.45, 7) is 5.46. The third kappa shape index (κ3) is 2.86. The van der Waals surface area contributed by atoms with Gasteiger partial charge in [-0.05, 0) is 18.4 Å². The van der Waals surface area contributed by atoms with Crippen molar-refractivity contribution < 1.29 is 14.6 Å². The van der Waals surface area contributed by atoms with Gasteiger partial charge in [-0.3, -0.25) is 4.79 Å². The van der Waals surface area contributed by atoms with Crippen LogP contribution in [0.1, 0.15) is 26.3 Å². The molecule has 1 rings (SSSR count). The summed E-state index contributed by atoms with van der Waals surface area (Å²) in [4.78, 5) is 11.8. The van der Waals surface area contributed by atoms with Gasteiger partial charge in [0.15, 0.2) is 0 Å². The molecule has 0 radical (unpaired) electrons. The molecule has 3 nitrogen and oxygen atoms in total. The normalized spacial score (nSPS) is 16.4. The van der Waals surface area contributed by atoms with Gasteiger partial charge < -0.3 is 9.84 Å². The van der Waals surface area contributed by atoms with Crippen molar-refractivity contribution in [1.82, 2.24) is 0 Å². The van der Waals surface area contributed by atoms with E-state index in [4.69, 9.17) is 4.74 Å². The Morgan fingerprint density at radius 3 is 2.24 bits per heavy atom. The first-order valence-electron chi connectivity index (χ1n) is 5.77. The lowest BCUT2D eigenvalue weighted by Gasteiger charge is -2.34. The molecule has 0 saturated heterocycles. The third-order valence-corrected chi connectivity index (χ3v) is 3.09. The standard InChI is InChI=1S/C14H20O3/c1-10(2)12(13(15)17-4)14(3,16)11-8-6-5-7-9-11/h5-10,12,16H,1-4H3. The van der Waals surface area contributed by atoms with Crippen LogP contribution in [0.5, 0.6) is 0 Å². The molecule has 17 heavy (non-hydrogen) atoms. The van der Waals surface area contributed by atoms with Crippen LogP contribution in [0, 0.1) is 11.8 Å². The van der Waals surface area contributed by atoms with Crippen LogP contribution in [0.3, 0.4) is 0 Å². The van der Waals surface area contributed by atoms with Crippen LogP contribution in [0.25, 0.3) is 0 Å². The van der Waals surface area contributed by atoms with Gasteiger partial charge in [-0.25, -0.2) is 0 Å². The SMILES string of the molecule is COC(=O)C(C(C)C)C(C)(O)c1ccccc1. The highest BCUT2D eigenvalue weighted by Gasteiger charge is 2.41. The van der Waals surface area contributed by atoms with Gasteiger partial charge in [0.1, 0.15) is 5.60 Å². The zero-order chi connectivity index (χ0) is 13.1. The Labute approximate surface area is 102 Å². The molecule has 0 aromatic heterocycles. The van der Waals surface area contributed by atoms with Crippen molar-refractivity contribution in [2.75, 3.05) is 7.11 Å². The summed E-state index contributed by atoms with van der Waals surface area (Å²) < 4.78 is 4.78. The first kappa shape index (κ1) is 13.7. The molecule has 0 saturated carbocycles. The van der Waals surface area contributed by atoms with Gasteiger partial charge in [-0.15, -0.1) is 0 Å². The molecule has 3 heteroatoms. The minimum absolute atomic E-state index is 0.00217. The topological polar surface area (TPSA) is 46.5 Å². The summed E-state index contributed by atoms with van der Waals surface area (Å²) in [6.07, 6.45) is 0. The van der Waals surface area contributed by atoms with Crippen molar-refractivity contribution in [2.45, 2.75) is 26.4 Å². The summed E-state index contributed by atoms with van der Waals surface area (Å²) in [5.74, 6) is -0.957. The molecule has 0 aliphatic carbocycles. The van der Waals surface area contributed by atoms with Gasteiger partial charge in [-0.2, -0.15) is 0 Å². The molecule has 2 unspecified atom stereocenters. The molecule has 0 aliphatic heterocycles. The summed E-state index contributed by atoms with van der Waals surface area (Å²) in [7, 11) is 1.35. The molecule has 1 aromatic carbocycles. The molecular formula is C14H20O3. The second-order valence-electron chi connectivity index (χ2n) is 4.76. The van der Waals surface area contributed by atoms with E-state index in [0.29, 0.717) is 0 Å². The minimum Gasteiger partial charge on any atom is -0.469 e. The predicted octanol–water partition coefficient (Wildman–Crippen LogP) is 2.34. The molecule has 94 valence electrons. The molecule has 0 heterocycles. The van der Waals surface area contributed by atoms with E-state index < -0.39 is 11.5 Å². The molecule has 1 aromatic rings. The van der Waals surface area contributed by atoms with Crippen molar-refractivity contribution in [3.8, 4) is 0 Å². The molecule has 0 aliphatic rings. The van der Waals surface area contributed by atoms with Gasteiger partial charge in [0.25, 0.3) is 0 Å². The van der Waals surface area contributed by atoms with Gasteiger partial charge in [-0.1, -0.05) is 44.2 Å². The maximum atomic E-state index is 11.8. The highest BCUT2D eigenvalue weighted by Crippen LogP contribution is 2.34. The smallest absolute Gasteiger partial charge is 0.312 e. The van der Waals surface area contributed by atoms with Crippen LogP contribution in [-0.2, 0) is 15.1 Å². The number of esters is 1. The lowest BCUT2D eigenvalue weighted by atomic mass is 9.76. The molecular weight excluding hydrogens is 216 g/mol. The summed E-state index contributed by atoms with van der Waals surface area (Å²) in [5.41, 5.74) is -0.494. The second kappa shape index (κ2) is 5.32. The summed E-state index contributed by atoms with van der Waals surface area (Å²) in [5, 5.41) is 10.6. The number of hydrogen-bond acceptors (Lipinski definition) is 3. The molecule has 2 atom stereocenters. The Kier molecular flexibility index (Phi) is 4.29. The van der Waals surface area contributed by atoms with Gasteiger partial charge in [0, 0.05) is 0 Å². The molecule has 0 amide bonds. The number of carbonyl (C=O) groups excluding carboxylic acids is 1. The van der Waals surface area contributed by atoms with E-state index in [-0.39, 0.29) is 11.9 Å². The molecule has 0 bridgehead atoms. The fraction of sp³-hybridized carbons (Fsp3) is 0.500. The van der Waals surface area contributed by atoms with E-state index in [9.17, 15) is 9.90 Å². The predicted molar refractivity (Wildman–Crippen MR) is 66.4 cm³/mol. The van der Waals surface area contributed by atoms with Gasteiger partial charge in [0.2, 0.25) is 0 Å². The average molecular weight is 236 g/mol. The van der Waals surface area contributed by atoms with E-state index in [2.05, 4.69) is 0 Å². The van der Waals surface area contributed by atoms with E-state index in [0.717, 1.165) is 5.56 Å². The van der Waals surface area contributed by atoms with Crippen molar-refractivity contribution >= 4 is 5.97 Å². The Hall–Kier alpha value is -1.35. The maximum Gasteiger partial charge on any atom is 0.312 e. The molecule has 1 N–H and O–H groups in total. The Bertz CT molecular complexity index is 368. The quantitative estimate of drug-likeness (QED) is 0.816. The van der Waals surface area contributed by atoms with Crippen molar-refractivity contribution in [3.63, 3.8) is 0 Å². The zero-order valence-electron chi connectivity index (χ0n) is 10.8. The molecule has 0 spiro atoms. The van der Waals surface area contributed by atoms with E-state index >= 15 is 0 Å². The van der Waals surface area contributed by atoms with Crippen molar-refractivity contribution in [3.05, 3.63) is 35.9 Å². The number of aliphatic hydroxyl groups is 1. The Morgan fingerprint density at radius 2 is 1.82 bits per heavy atom. The highest BCUT2D eigenvalue weighted by molar-refractivity contribution is 5.74. The van der Waals surface area contributed by atoms with E-state index in [1.807, 2.05) is 44.2 Å². The van der Waals surface area contributed by atoms with Crippen molar-refractivity contribution in [1.29, 1.82) is 0 Å². The van der Waals surface area contributed by atoms with Crippen LogP contribution < -0.4 is 0 Å². The summed E-state index contributed by atoms with van der Waals surface area (Å²) in [6, 6.07) is 9.20. The maximum absolute atomic E-state index is 11.8. The number of ether oxygens (including phenoxy) is 1. The monoisotopic (exact) mass is 236 g/mol. The number of carbonyl (C=O) groups is 1. The number of methoxy groups -OCH3 is 1. The lowest BCUT2D eigenvalue weighted by Crippen LogP contribution is -2.41.